The van der Waals surface area contributed by atoms with Gasteiger partial charge in [-0.3, -0.25) is 0 Å². The highest BCUT2D eigenvalue weighted by Gasteiger charge is 2.30. The van der Waals surface area contributed by atoms with Crippen molar-refractivity contribution in [1.82, 2.24) is 0 Å². The largest absolute Gasteiger partial charge is 0.491 e. The average Bonchev–Trinajstić information content (AvgIpc) is 2.93. The first-order chi connectivity index (χ1) is 19.2. The summed E-state index contributed by atoms with van der Waals surface area (Å²) in [6, 6.07) is 8.82. The van der Waals surface area contributed by atoms with E-state index in [0.29, 0.717) is 38.5 Å². The lowest BCUT2D eigenvalue weighted by atomic mass is 9.82. The minimum absolute atomic E-state index is 0.0384. The van der Waals surface area contributed by atoms with Gasteiger partial charge in [0.15, 0.2) is 23.2 Å². The molecule has 40 heavy (non-hydrogen) atoms. The molecule has 1 unspecified atom stereocenters. The lowest BCUT2D eigenvalue weighted by Gasteiger charge is -2.29. The summed E-state index contributed by atoms with van der Waals surface area (Å²) in [7, 11) is 0. The summed E-state index contributed by atoms with van der Waals surface area (Å²) in [4.78, 5) is 12.7. The van der Waals surface area contributed by atoms with E-state index in [1.165, 1.54) is 30.3 Å². The van der Waals surface area contributed by atoms with E-state index in [2.05, 4.69) is 0 Å². The standard InChI is InChI=1S/C31H31F5O4/c1-3-5-25(37)23-13-12-20(27(33)29(23)35)17-6-9-19(10-7-17)40-31(38)22-11-8-18(16-24(22)32)21-14-15-26(39-4-2)30(36)28(21)34/h8,11-17,19,25,37H,3-7,9-10H2,1-2H3. The Bertz CT molecular complexity index is 1370. The van der Waals surface area contributed by atoms with Gasteiger partial charge >= 0.3 is 5.97 Å². The number of aliphatic hydroxyl groups excluding tert-OH is 1. The maximum atomic E-state index is 14.8. The molecule has 0 heterocycles. The number of aliphatic hydroxyl groups is 1. The van der Waals surface area contributed by atoms with Crippen molar-refractivity contribution >= 4 is 5.97 Å². The summed E-state index contributed by atoms with van der Waals surface area (Å²) in [5.74, 6) is -6.80. The van der Waals surface area contributed by atoms with Crippen LogP contribution >= 0.6 is 0 Å². The van der Waals surface area contributed by atoms with E-state index in [-0.39, 0.29) is 46.1 Å². The molecule has 3 aromatic rings. The molecule has 1 saturated carbocycles. The summed E-state index contributed by atoms with van der Waals surface area (Å²) in [5.41, 5.74) is -0.346. The molecule has 0 aromatic heterocycles. The third-order valence-electron chi connectivity index (χ3n) is 7.30. The molecule has 1 atom stereocenters. The Kier molecular flexibility index (Phi) is 9.45. The van der Waals surface area contributed by atoms with Crippen molar-refractivity contribution in [3.63, 3.8) is 0 Å². The summed E-state index contributed by atoms with van der Waals surface area (Å²) in [6.07, 6.45) is 0.930. The Labute approximate surface area is 229 Å². The molecule has 1 aliphatic rings. The topological polar surface area (TPSA) is 55.8 Å². The maximum absolute atomic E-state index is 14.8. The Morgan fingerprint density at radius 1 is 0.900 bits per heavy atom. The summed E-state index contributed by atoms with van der Waals surface area (Å²) in [6.45, 7) is 3.62. The van der Waals surface area contributed by atoms with E-state index in [9.17, 15) is 31.9 Å². The Morgan fingerprint density at radius 3 is 2.27 bits per heavy atom. The van der Waals surface area contributed by atoms with Gasteiger partial charge in [-0.05, 0) is 80.3 Å². The number of rotatable bonds is 9. The van der Waals surface area contributed by atoms with Gasteiger partial charge in [0.25, 0.3) is 0 Å². The van der Waals surface area contributed by atoms with Crippen LogP contribution in [0.3, 0.4) is 0 Å². The number of carbonyl (C=O) groups excluding carboxylic acids is 1. The molecular formula is C31H31F5O4. The van der Waals surface area contributed by atoms with E-state index in [1.54, 1.807) is 6.92 Å². The fourth-order valence-corrected chi connectivity index (χ4v) is 5.16. The first kappa shape index (κ1) is 29.5. The van der Waals surface area contributed by atoms with Crippen LogP contribution in [0.5, 0.6) is 5.75 Å². The third kappa shape index (κ3) is 6.14. The number of esters is 1. The van der Waals surface area contributed by atoms with Crippen molar-refractivity contribution in [3.8, 4) is 16.9 Å². The van der Waals surface area contributed by atoms with Crippen molar-refractivity contribution < 1.29 is 41.3 Å². The van der Waals surface area contributed by atoms with Crippen molar-refractivity contribution in [2.45, 2.75) is 70.5 Å². The molecule has 4 nitrogen and oxygen atoms in total. The fraction of sp³-hybridized carbons (Fsp3) is 0.387. The molecule has 4 rings (SSSR count). The number of halogens is 5. The van der Waals surface area contributed by atoms with Crippen molar-refractivity contribution in [3.05, 3.63) is 88.2 Å². The lowest BCUT2D eigenvalue weighted by Crippen LogP contribution is -2.25. The van der Waals surface area contributed by atoms with Crippen molar-refractivity contribution in [2.24, 2.45) is 0 Å². The van der Waals surface area contributed by atoms with Crippen LogP contribution in [0.25, 0.3) is 11.1 Å². The monoisotopic (exact) mass is 562 g/mol. The van der Waals surface area contributed by atoms with Gasteiger partial charge in [-0.15, -0.1) is 0 Å². The lowest BCUT2D eigenvalue weighted by molar-refractivity contribution is 0.0189. The van der Waals surface area contributed by atoms with Crippen LogP contribution < -0.4 is 4.74 Å². The predicted octanol–water partition coefficient (Wildman–Crippen LogP) is 8.16. The smallest absolute Gasteiger partial charge is 0.341 e. The van der Waals surface area contributed by atoms with Gasteiger partial charge in [-0.25, -0.2) is 22.4 Å². The number of hydrogen-bond donors (Lipinski definition) is 1. The number of carbonyl (C=O) groups is 1. The number of benzene rings is 3. The molecule has 1 aliphatic carbocycles. The fourth-order valence-electron chi connectivity index (χ4n) is 5.16. The van der Waals surface area contributed by atoms with E-state index in [1.807, 2.05) is 6.92 Å². The summed E-state index contributed by atoms with van der Waals surface area (Å²) >= 11 is 0. The molecule has 0 radical (unpaired) electrons. The van der Waals surface area contributed by atoms with E-state index < -0.39 is 47.3 Å². The molecule has 0 saturated heterocycles. The van der Waals surface area contributed by atoms with E-state index >= 15 is 0 Å². The zero-order valence-electron chi connectivity index (χ0n) is 22.3. The van der Waals surface area contributed by atoms with E-state index in [0.717, 1.165) is 12.1 Å². The second-order valence-corrected chi connectivity index (χ2v) is 9.92. The zero-order valence-corrected chi connectivity index (χ0v) is 22.3. The van der Waals surface area contributed by atoms with Crippen LogP contribution in [0.1, 0.15) is 85.9 Å². The van der Waals surface area contributed by atoms with Crippen LogP contribution in [0.2, 0.25) is 0 Å². The van der Waals surface area contributed by atoms with Gasteiger partial charge < -0.3 is 14.6 Å². The van der Waals surface area contributed by atoms with E-state index in [4.69, 9.17) is 9.47 Å². The normalized spacial score (nSPS) is 17.9. The molecule has 0 aliphatic heterocycles. The first-order valence-corrected chi connectivity index (χ1v) is 13.4. The Morgan fingerprint density at radius 2 is 1.62 bits per heavy atom. The molecule has 1 N–H and O–H groups in total. The number of hydrogen-bond acceptors (Lipinski definition) is 4. The molecular weight excluding hydrogens is 531 g/mol. The molecule has 1 fully saturated rings. The van der Waals surface area contributed by atoms with Crippen LogP contribution in [0.4, 0.5) is 22.0 Å². The second-order valence-electron chi connectivity index (χ2n) is 9.92. The maximum Gasteiger partial charge on any atom is 0.341 e. The van der Waals surface area contributed by atoms with Crippen LogP contribution in [0.15, 0.2) is 42.5 Å². The molecule has 214 valence electrons. The molecule has 0 amide bonds. The quantitative estimate of drug-likeness (QED) is 0.211. The first-order valence-electron chi connectivity index (χ1n) is 13.4. The Balaban J connectivity index is 1.40. The molecule has 0 spiro atoms. The van der Waals surface area contributed by atoms with Gasteiger partial charge in [-0.1, -0.05) is 31.5 Å². The number of ether oxygens (including phenoxy) is 2. The Hall–Kier alpha value is -3.46. The van der Waals surface area contributed by atoms with Crippen LogP contribution in [-0.2, 0) is 4.74 Å². The summed E-state index contributed by atoms with van der Waals surface area (Å²) < 4.78 is 83.5. The predicted molar refractivity (Wildman–Crippen MR) is 140 cm³/mol. The molecule has 3 aromatic carbocycles. The average molecular weight is 563 g/mol. The van der Waals surface area contributed by atoms with Gasteiger partial charge in [0, 0.05) is 11.1 Å². The van der Waals surface area contributed by atoms with Gasteiger partial charge in [0.05, 0.1) is 18.3 Å². The van der Waals surface area contributed by atoms with Crippen molar-refractivity contribution in [2.75, 3.05) is 6.61 Å². The highest BCUT2D eigenvalue weighted by Crippen LogP contribution is 2.38. The van der Waals surface area contributed by atoms with Gasteiger partial charge in [0.1, 0.15) is 11.9 Å². The minimum atomic E-state index is -1.19. The minimum Gasteiger partial charge on any atom is -0.491 e. The third-order valence-corrected chi connectivity index (χ3v) is 7.30. The summed E-state index contributed by atoms with van der Waals surface area (Å²) in [5, 5.41) is 10.1. The zero-order chi connectivity index (χ0) is 29.0. The SMILES string of the molecule is CCCC(O)c1ccc(C2CCC(OC(=O)c3ccc(-c4ccc(OCC)c(F)c4F)cc3F)CC2)c(F)c1F. The molecule has 9 heteroatoms. The second kappa shape index (κ2) is 12.8. The van der Waals surface area contributed by atoms with Crippen LogP contribution in [-0.4, -0.2) is 23.8 Å². The van der Waals surface area contributed by atoms with Gasteiger partial charge in [-0.2, -0.15) is 4.39 Å². The van der Waals surface area contributed by atoms with Crippen molar-refractivity contribution in [1.29, 1.82) is 0 Å². The van der Waals surface area contributed by atoms with Crippen LogP contribution in [0, 0.1) is 29.1 Å². The highest BCUT2D eigenvalue weighted by molar-refractivity contribution is 5.90. The highest BCUT2D eigenvalue weighted by atomic mass is 19.2. The molecule has 0 bridgehead atoms. The van der Waals surface area contributed by atoms with Gasteiger partial charge in [0.2, 0.25) is 5.82 Å².